The van der Waals surface area contributed by atoms with E-state index in [1.807, 2.05) is 30.9 Å². The highest BCUT2D eigenvalue weighted by Crippen LogP contribution is 2.16. The van der Waals surface area contributed by atoms with Gasteiger partial charge in [0.05, 0.1) is 23.7 Å². The summed E-state index contributed by atoms with van der Waals surface area (Å²) in [5.41, 5.74) is 1.80. The normalized spacial score (nSPS) is 14.6. The maximum atomic E-state index is 11.4. The minimum atomic E-state index is -3.21. The average Bonchev–Trinajstić information content (AvgIpc) is 2.89. The zero-order chi connectivity index (χ0) is 17.0. The number of aliphatic hydroxyl groups excluding tert-OH is 1. The summed E-state index contributed by atoms with van der Waals surface area (Å²) in [6.45, 7) is 5.12. The molecular weight excluding hydrogens is 314 g/mol. The summed E-state index contributed by atoms with van der Waals surface area (Å²) in [6, 6.07) is 6.47. The van der Waals surface area contributed by atoms with Gasteiger partial charge in [0.15, 0.2) is 9.84 Å². The minimum absolute atomic E-state index is 0.152. The van der Waals surface area contributed by atoms with E-state index in [0.717, 1.165) is 5.56 Å². The van der Waals surface area contributed by atoms with Crippen molar-refractivity contribution in [3.63, 3.8) is 0 Å². The van der Waals surface area contributed by atoms with Gasteiger partial charge in [-0.3, -0.25) is 4.68 Å². The van der Waals surface area contributed by atoms with Gasteiger partial charge in [-0.25, -0.2) is 8.42 Å². The monoisotopic (exact) mass is 337 g/mol. The van der Waals surface area contributed by atoms with E-state index in [2.05, 4.69) is 10.4 Å². The van der Waals surface area contributed by atoms with Gasteiger partial charge >= 0.3 is 0 Å². The molecule has 1 heterocycles. The maximum Gasteiger partial charge on any atom is 0.175 e. The second-order valence-electron chi connectivity index (χ2n) is 5.91. The van der Waals surface area contributed by atoms with Crippen molar-refractivity contribution in [2.45, 2.75) is 37.4 Å². The molecule has 0 unspecified atom stereocenters. The third kappa shape index (κ3) is 5.16. The lowest BCUT2D eigenvalue weighted by Crippen LogP contribution is -2.33. The number of sulfone groups is 1. The number of hydrogen-bond donors (Lipinski definition) is 2. The summed E-state index contributed by atoms with van der Waals surface area (Å²) in [5, 5.41) is 17.7. The molecule has 0 saturated carbocycles. The molecule has 0 radical (unpaired) electrons. The summed E-state index contributed by atoms with van der Waals surface area (Å²) in [7, 11) is -3.21. The first-order chi connectivity index (χ1) is 10.8. The Morgan fingerprint density at radius 2 is 1.96 bits per heavy atom. The third-order valence-corrected chi connectivity index (χ3v) is 4.70. The van der Waals surface area contributed by atoms with E-state index < -0.39 is 15.9 Å². The van der Waals surface area contributed by atoms with E-state index in [-0.39, 0.29) is 10.9 Å². The Balaban J connectivity index is 1.87. The Hall–Kier alpha value is -1.70. The fraction of sp³-hybridized carbons (Fsp3) is 0.438. The fourth-order valence-corrected chi connectivity index (χ4v) is 2.91. The first-order valence-electron chi connectivity index (χ1n) is 7.46. The lowest BCUT2D eigenvalue weighted by atomic mass is 10.1. The molecule has 0 fully saturated rings. The molecule has 1 aromatic carbocycles. The van der Waals surface area contributed by atoms with Gasteiger partial charge in [-0.2, -0.15) is 5.10 Å². The summed E-state index contributed by atoms with van der Waals surface area (Å²) >= 11 is 0. The van der Waals surface area contributed by atoms with E-state index in [9.17, 15) is 13.5 Å². The first-order valence-corrected chi connectivity index (χ1v) is 9.35. The second kappa shape index (κ2) is 7.25. The molecule has 6 nitrogen and oxygen atoms in total. The number of aliphatic hydroxyl groups is 1. The van der Waals surface area contributed by atoms with Crippen LogP contribution < -0.4 is 5.32 Å². The molecule has 0 bridgehead atoms. The van der Waals surface area contributed by atoms with E-state index in [4.69, 9.17) is 0 Å². The predicted molar refractivity (Wildman–Crippen MR) is 88.9 cm³/mol. The molecule has 2 rings (SSSR count). The summed E-state index contributed by atoms with van der Waals surface area (Å²) in [5.74, 6) is 0. The van der Waals surface area contributed by atoms with Crippen LogP contribution in [0.4, 0.5) is 0 Å². The van der Waals surface area contributed by atoms with Gasteiger partial charge in [0.25, 0.3) is 0 Å². The molecule has 2 N–H and O–H groups in total. The van der Waals surface area contributed by atoms with E-state index in [1.54, 1.807) is 12.1 Å². The van der Waals surface area contributed by atoms with E-state index in [0.29, 0.717) is 18.7 Å². The zero-order valence-electron chi connectivity index (χ0n) is 13.6. The van der Waals surface area contributed by atoms with Crippen LogP contribution in [0.2, 0.25) is 0 Å². The van der Waals surface area contributed by atoms with Crippen molar-refractivity contribution in [2.24, 2.45) is 0 Å². The van der Waals surface area contributed by atoms with Gasteiger partial charge in [-0.1, -0.05) is 12.1 Å². The van der Waals surface area contributed by atoms with Crippen molar-refractivity contribution in [1.82, 2.24) is 15.1 Å². The van der Waals surface area contributed by atoms with Crippen LogP contribution in [-0.2, 0) is 16.4 Å². The molecule has 0 aliphatic heterocycles. The third-order valence-electron chi connectivity index (χ3n) is 3.58. The maximum absolute atomic E-state index is 11.4. The molecule has 7 heteroatoms. The van der Waals surface area contributed by atoms with Crippen molar-refractivity contribution in [3.05, 3.63) is 47.8 Å². The highest BCUT2D eigenvalue weighted by Gasteiger charge is 2.12. The lowest BCUT2D eigenvalue weighted by molar-refractivity contribution is 0.169. The van der Waals surface area contributed by atoms with Crippen LogP contribution >= 0.6 is 0 Å². The molecule has 126 valence electrons. The SMILES string of the molecule is Cc1cnn(C[C@@H](C)NC[C@H](O)c2ccc(S(C)(=O)=O)cc2)c1. The molecular formula is C16H23N3O3S. The number of rotatable bonds is 7. The molecule has 0 saturated heterocycles. The van der Waals surface area contributed by atoms with Crippen LogP contribution in [0.3, 0.4) is 0 Å². The van der Waals surface area contributed by atoms with Gasteiger partial charge in [0, 0.05) is 25.0 Å². The number of aromatic nitrogens is 2. The Morgan fingerprint density at radius 3 is 2.48 bits per heavy atom. The van der Waals surface area contributed by atoms with Gasteiger partial charge in [-0.05, 0) is 37.1 Å². The van der Waals surface area contributed by atoms with Gasteiger partial charge in [0.1, 0.15) is 0 Å². The molecule has 0 aliphatic rings. The van der Waals surface area contributed by atoms with Crippen LogP contribution in [0.15, 0.2) is 41.6 Å². The van der Waals surface area contributed by atoms with E-state index >= 15 is 0 Å². The minimum Gasteiger partial charge on any atom is -0.387 e. The Morgan fingerprint density at radius 1 is 1.30 bits per heavy atom. The van der Waals surface area contributed by atoms with Crippen LogP contribution in [0, 0.1) is 6.92 Å². The first kappa shape index (κ1) is 17.7. The van der Waals surface area contributed by atoms with Crippen molar-refractivity contribution >= 4 is 9.84 Å². The molecule has 1 aromatic heterocycles. The molecule has 0 aliphatic carbocycles. The van der Waals surface area contributed by atoms with Crippen molar-refractivity contribution in [1.29, 1.82) is 0 Å². The summed E-state index contributed by atoms with van der Waals surface area (Å²) in [6.07, 6.45) is 4.26. The summed E-state index contributed by atoms with van der Waals surface area (Å²) in [4.78, 5) is 0.254. The Labute approximate surface area is 137 Å². The van der Waals surface area contributed by atoms with Gasteiger partial charge in [-0.15, -0.1) is 0 Å². The molecule has 0 amide bonds. The average molecular weight is 337 g/mol. The number of nitrogens with one attached hydrogen (secondary N) is 1. The Bertz CT molecular complexity index is 738. The number of aryl methyl sites for hydroxylation is 1. The quantitative estimate of drug-likeness (QED) is 0.796. The fourth-order valence-electron chi connectivity index (χ4n) is 2.28. The zero-order valence-corrected chi connectivity index (χ0v) is 14.4. The summed E-state index contributed by atoms with van der Waals surface area (Å²) < 4.78 is 24.7. The number of benzene rings is 1. The number of nitrogens with zero attached hydrogens (tertiary/aromatic N) is 2. The second-order valence-corrected chi connectivity index (χ2v) is 7.92. The standard InChI is InChI=1S/C16H23N3O3S/c1-12-8-18-19(10-12)11-13(2)17-9-16(20)14-4-6-15(7-5-14)23(3,21)22/h4-8,10,13,16-17,20H,9,11H2,1-3H3/t13-,16+/m1/s1. The van der Waals surface area contributed by atoms with E-state index in [1.165, 1.54) is 18.4 Å². The molecule has 2 atom stereocenters. The van der Waals surface area contributed by atoms with Gasteiger partial charge < -0.3 is 10.4 Å². The van der Waals surface area contributed by atoms with Gasteiger partial charge in [0.2, 0.25) is 0 Å². The molecule has 0 spiro atoms. The van der Waals surface area contributed by atoms with Crippen LogP contribution in [-0.4, -0.2) is 42.1 Å². The highest BCUT2D eigenvalue weighted by atomic mass is 32.2. The van der Waals surface area contributed by atoms with Crippen molar-refractivity contribution < 1.29 is 13.5 Å². The van der Waals surface area contributed by atoms with Crippen LogP contribution in [0.25, 0.3) is 0 Å². The number of hydrogen-bond acceptors (Lipinski definition) is 5. The Kier molecular flexibility index (Phi) is 5.56. The van der Waals surface area contributed by atoms with Crippen molar-refractivity contribution in [2.75, 3.05) is 12.8 Å². The molecule has 23 heavy (non-hydrogen) atoms. The van der Waals surface area contributed by atoms with Crippen LogP contribution in [0.1, 0.15) is 24.2 Å². The molecule has 2 aromatic rings. The highest BCUT2D eigenvalue weighted by molar-refractivity contribution is 7.90. The predicted octanol–water partition coefficient (Wildman–Crippen LogP) is 1.31. The van der Waals surface area contributed by atoms with Crippen LogP contribution in [0.5, 0.6) is 0 Å². The topological polar surface area (TPSA) is 84.2 Å². The lowest BCUT2D eigenvalue weighted by Gasteiger charge is -2.17. The largest absolute Gasteiger partial charge is 0.387 e. The van der Waals surface area contributed by atoms with Crippen molar-refractivity contribution in [3.8, 4) is 0 Å². The smallest absolute Gasteiger partial charge is 0.175 e.